The molecule has 0 bridgehead atoms. The molecule has 2 amide bonds. The van der Waals surface area contributed by atoms with Crippen LogP contribution >= 0.6 is 11.6 Å². The first-order valence-electron chi connectivity index (χ1n) is 8.44. The second-order valence-electron chi connectivity index (χ2n) is 5.85. The first kappa shape index (κ1) is 19.2. The maximum atomic E-state index is 12.2. The number of halogens is 1. The summed E-state index contributed by atoms with van der Waals surface area (Å²) in [4.78, 5) is 37.8. The van der Waals surface area contributed by atoms with Crippen LogP contribution in [-0.2, 0) is 25.5 Å². The van der Waals surface area contributed by atoms with Crippen LogP contribution in [0.5, 0.6) is 0 Å². The molecule has 0 spiro atoms. The van der Waals surface area contributed by atoms with Gasteiger partial charge in [0.2, 0.25) is 11.8 Å². The van der Waals surface area contributed by atoms with E-state index >= 15 is 0 Å². The SMILES string of the molecule is O=C(CC1C(=O)NCCN1C(=O)CCCCl)OCCc1ccccc1. The van der Waals surface area contributed by atoms with E-state index in [1.54, 1.807) is 0 Å². The van der Waals surface area contributed by atoms with Crippen LogP contribution in [0.2, 0.25) is 0 Å². The number of nitrogens with one attached hydrogen (secondary N) is 1. The van der Waals surface area contributed by atoms with Crippen LogP contribution in [0.25, 0.3) is 0 Å². The van der Waals surface area contributed by atoms with Crippen molar-refractivity contribution in [1.29, 1.82) is 0 Å². The van der Waals surface area contributed by atoms with Crippen molar-refractivity contribution in [2.24, 2.45) is 0 Å². The fraction of sp³-hybridized carbons (Fsp3) is 0.500. The van der Waals surface area contributed by atoms with Crippen LogP contribution in [0.15, 0.2) is 30.3 Å². The van der Waals surface area contributed by atoms with E-state index in [4.69, 9.17) is 16.3 Å². The number of carbonyl (C=O) groups is 3. The third-order valence-corrected chi connectivity index (χ3v) is 4.30. The standard InChI is InChI=1S/C18H23ClN2O4/c19-9-4-7-16(22)21-11-10-20-18(24)15(21)13-17(23)25-12-8-14-5-2-1-3-6-14/h1-3,5-6,15H,4,7-13H2,(H,20,24). The highest BCUT2D eigenvalue weighted by atomic mass is 35.5. The van der Waals surface area contributed by atoms with Crippen molar-refractivity contribution in [2.75, 3.05) is 25.6 Å². The minimum absolute atomic E-state index is 0.132. The summed E-state index contributed by atoms with van der Waals surface area (Å²) in [7, 11) is 0. The summed E-state index contributed by atoms with van der Waals surface area (Å²) in [5.41, 5.74) is 1.07. The van der Waals surface area contributed by atoms with Gasteiger partial charge in [0, 0.05) is 31.8 Å². The number of esters is 1. The van der Waals surface area contributed by atoms with Crippen LogP contribution in [0, 0.1) is 0 Å². The molecule has 1 N–H and O–H groups in total. The number of rotatable bonds is 8. The number of hydrogen-bond donors (Lipinski definition) is 1. The van der Waals surface area contributed by atoms with E-state index in [1.807, 2.05) is 30.3 Å². The molecule has 1 aliphatic heterocycles. The molecule has 7 heteroatoms. The van der Waals surface area contributed by atoms with E-state index in [9.17, 15) is 14.4 Å². The van der Waals surface area contributed by atoms with Gasteiger partial charge >= 0.3 is 5.97 Å². The van der Waals surface area contributed by atoms with E-state index in [0.717, 1.165) is 5.56 Å². The largest absolute Gasteiger partial charge is 0.465 e. The van der Waals surface area contributed by atoms with Crippen molar-refractivity contribution in [2.45, 2.75) is 31.7 Å². The zero-order chi connectivity index (χ0) is 18.1. The maximum Gasteiger partial charge on any atom is 0.308 e. The Morgan fingerprint density at radius 2 is 2.04 bits per heavy atom. The first-order chi connectivity index (χ1) is 12.1. The fourth-order valence-corrected chi connectivity index (χ4v) is 2.86. The second-order valence-corrected chi connectivity index (χ2v) is 6.22. The molecule has 2 rings (SSSR count). The smallest absolute Gasteiger partial charge is 0.308 e. The summed E-state index contributed by atoms with van der Waals surface area (Å²) in [6, 6.07) is 8.88. The average Bonchev–Trinajstić information content (AvgIpc) is 2.62. The lowest BCUT2D eigenvalue weighted by molar-refractivity contribution is -0.151. The van der Waals surface area contributed by atoms with Crippen LogP contribution in [0.4, 0.5) is 0 Å². The summed E-state index contributed by atoms with van der Waals surface area (Å²) in [6.07, 6.45) is 1.30. The molecule has 1 atom stereocenters. The van der Waals surface area contributed by atoms with Crippen molar-refractivity contribution >= 4 is 29.4 Å². The van der Waals surface area contributed by atoms with Crippen molar-refractivity contribution in [3.63, 3.8) is 0 Å². The van der Waals surface area contributed by atoms with Crippen LogP contribution in [-0.4, -0.2) is 54.3 Å². The quantitative estimate of drug-likeness (QED) is 0.559. The zero-order valence-corrected chi connectivity index (χ0v) is 14.8. The minimum atomic E-state index is -0.805. The Morgan fingerprint density at radius 1 is 1.28 bits per heavy atom. The maximum absolute atomic E-state index is 12.2. The number of ether oxygens (including phenoxy) is 1. The molecule has 1 aromatic rings. The Balaban J connectivity index is 1.84. The predicted octanol–water partition coefficient (Wildman–Crippen LogP) is 1.51. The van der Waals surface area contributed by atoms with Gasteiger partial charge in [-0.25, -0.2) is 0 Å². The molecule has 136 valence electrons. The lowest BCUT2D eigenvalue weighted by Gasteiger charge is -2.34. The van der Waals surface area contributed by atoms with E-state index in [0.29, 0.717) is 31.8 Å². The highest BCUT2D eigenvalue weighted by Crippen LogP contribution is 2.13. The lowest BCUT2D eigenvalue weighted by atomic mass is 10.1. The van der Waals surface area contributed by atoms with Gasteiger partial charge < -0.3 is 15.0 Å². The summed E-state index contributed by atoms with van der Waals surface area (Å²) in [5.74, 6) is -0.561. The van der Waals surface area contributed by atoms with Gasteiger partial charge in [0.15, 0.2) is 0 Å². The molecule has 1 unspecified atom stereocenters. The van der Waals surface area contributed by atoms with Crippen molar-refractivity contribution < 1.29 is 19.1 Å². The van der Waals surface area contributed by atoms with E-state index in [-0.39, 0.29) is 31.3 Å². The van der Waals surface area contributed by atoms with Gasteiger partial charge in [-0.1, -0.05) is 30.3 Å². The molecular formula is C18H23ClN2O4. The number of alkyl halides is 1. The minimum Gasteiger partial charge on any atom is -0.465 e. The van der Waals surface area contributed by atoms with E-state index in [1.165, 1.54) is 4.90 Å². The summed E-state index contributed by atoms with van der Waals surface area (Å²) >= 11 is 5.62. The van der Waals surface area contributed by atoms with Gasteiger partial charge in [-0.3, -0.25) is 14.4 Å². The van der Waals surface area contributed by atoms with Gasteiger partial charge in [-0.15, -0.1) is 11.6 Å². The molecular weight excluding hydrogens is 344 g/mol. The zero-order valence-electron chi connectivity index (χ0n) is 14.1. The number of nitrogens with zero attached hydrogens (tertiary/aromatic N) is 1. The molecule has 6 nitrogen and oxygen atoms in total. The molecule has 0 saturated carbocycles. The number of carbonyl (C=O) groups excluding carboxylic acids is 3. The molecule has 25 heavy (non-hydrogen) atoms. The number of benzene rings is 1. The topological polar surface area (TPSA) is 75.7 Å². The monoisotopic (exact) mass is 366 g/mol. The Labute approximate surface area is 152 Å². The van der Waals surface area contributed by atoms with Crippen LogP contribution in [0.1, 0.15) is 24.8 Å². The molecule has 1 heterocycles. The number of piperazine rings is 1. The third kappa shape index (κ3) is 6.05. The van der Waals surface area contributed by atoms with E-state index in [2.05, 4.69) is 5.32 Å². The summed E-state index contributed by atoms with van der Waals surface area (Å²) in [5, 5.41) is 2.69. The highest BCUT2D eigenvalue weighted by Gasteiger charge is 2.34. The summed E-state index contributed by atoms with van der Waals surface area (Å²) < 4.78 is 5.23. The van der Waals surface area contributed by atoms with Gasteiger partial charge in [0.1, 0.15) is 6.04 Å². The lowest BCUT2D eigenvalue weighted by Crippen LogP contribution is -2.57. The molecule has 0 aromatic heterocycles. The average molecular weight is 367 g/mol. The normalized spacial score (nSPS) is 17.1. The van der Waals surface area contributed by atoms with Crippen molar-refractivity contribution in [3.8, 4) is 0 Å². The van der Waals surface area contributed by atoms with Gasteiger partial charge in [0.05, 0.1) is 13.0 Å². The fourth-order valence-electron chi connectivity index (χ4n) is 2.72. The van der Waals surface area contributed by atoms with Gasteiger partial charge in [-0.05, 0) is 12.0 Å². The Morgan fingerprint density at radius 3 is 2.76 bits per heavy atom. The van der Waals surface area contributed by atoms with Crippen LogP contribution in [0.3, 0.4) is 0 Å². The number of amides is 2. The molecule has 0 radical (unpaired) electrons. The Kier molecular flexibility index (Phi) is 7.73. The number of hydrogen-bond acceptors (Lipinski definition) is 4. The van der Waals surface area contributed by atoms with Gasteiger partial charge in [0.25, 0.3) is 0 Å². The first-order valence-corrected chi connectivity index (χ1v) is 8.98. The third-order valence-electron chi connectivity index (χ3n) is 4.03. The predicted molar refractivity (Wildman–Crippen MR) is 94.2 cm³/mol. The molecule has 1 fully saturated rings. The van der Waals surface area contributed by atoms with Crippen molar-refractivity contribution in [1.82, 2.24) is 10.2 Å². The Hall–Kier alpha value is -2.08. The summed E-state index contributed by atoms with van der Waals surface area (Å²) in [6.45, 7) is 1.04. The Bertz CT molecular complexity index is 594. The molecule has 1 saturated heterocycles. The second kappa shape index (κ2) is 10.0. The van der Waals surface area contributed by atoms with E-state index < -0.39 is 12.0 Å². The highest BCUT2D eigenvalue weighted by molar-refractivity contribution is 6.17. The van der Waals surface area contributed by atoms with Crippen LogP contribution < -0.4 is 5.32 Å². The van der Waals surface area contributed by atoms with Crippen molar-refractivity contribution in [3.05, 3.63) is 35.9 Å². The molecule has 0 aliphatic carbocycles. The molecule has 1 aromatic carbocycles. The van der Waals surface area contributed by atoms with Gasteiger partial charge in [-0.2, -0.15) is 0 Å². The molecule has 1 aliphatic rings.